The summed E-state index contributed by atoms with van der Waals surface area (Å²) in [7, 11) is 1.67. The van der Waals surface area contributed by atoms with Gasteiger partial charge in [0, 0.05) is 20.1 Å². The van der Waals surface area contributed by atoms with Crippen LogP contribution in [0.25, 0.3) is 0 Å². The molecule has 4 nitrogen and oxygen atoms in total. The number of carbonyl (C=O) groups is 1. The fourth-order valence-electron chi connectivity index (χ4n) is 1.50. The van der Waals surface area contributed by atoms with Gasteiger partial charge in [0.25, 0.3) is 0 Å². The first-order valence-electron chi connectivity index (χ1n) is 5.66. The third kappa shape index (κ3) is 3.46. The van der Waals surface area contributed by atoms with E-state index in [4.69, 9.17) is 10.5 Å². The van der Waals surface area contributed by atoms with Crippen molar-refractivity contribution in [1.29, 1.82) is 0 Å². The number of hydrogen-bond donors (Lipinski definition) is 1. The second kappa shape index (κ2) is 5.68. The Labute approximate surface area is 102 Å². The smallest absolute Gasteiger partial charge is 0.410 e. The van der Waals surface area contributed by atoms with E-state index in [2.05, 4.69) is 0 Å². The highest BCUT2D eigenvalue weighted by Crippen LogP contribution is 2.22. The normalized spacial score (nSPS) is 10.2. The fourth-order valence-corrected chi connectivity index (χ4v) is 1.50. The zero-order valence-electron chi connectivity index (χ0n) is 10.9. The lowest BCUT2D eigenvalue weighted by Crippen LogP contribution is -2.34. The van der Waals surface area contributed by atoms with Crippen molar-refractivity contribution < 1.29 is 9.53 Å². The quantitative estimate of drug-likeness (QED) is 0.873. The minimum Gasteiger partial charge on any atom is -0.410 e. The van der Waals surface area contributed by atoms with E-state index in [9.17, 15) is 4.79 Å². The molecule has 0 saturated carbocycles. The lowest BCUT2D eigenvalue weighted by atomic mass is 10.1. The van der Waals surface area contributed by atoms with Gasteiger partial charge in [-0.3, -0.25) is 0 Å². The number of rotatable bonds is 3. The zero-order chi connectivity index (χ0) is 13.0. The van der Waals surface area contributed by atoms with Gasteiger partial charge in [-0.2, -0.15) is 0 Å². The number of amides is 1. The number of ether oxygens (including phenoxy) is 1. The SMILES string of the molecule is Cc1cc(C)c(OC(=O)N(C)CCN)cc1C. The van der Waals surface area contributed by atoms with Crippen molar-refractivity contribution in [1.82, 2.24) is 4.90 Å². The summed E-state index contributed by atoms with van der Waals surface area (Å²) >= 11 is 0. The molecule has 0 spiro atoms. The van der Waals surface area contributed by atoms with Crippen LogP contribution in [0, 0.1) is 20.8 Å². The molecule has 4 heteroatoms. The molecule has 0 aliphatic heterocycles. The molecule has 0 aromatic heterocycles. The van der Waals surface area contributed by atoms with Crippen LogP contribution in [0.15, 0.2) is 12.1 Å². The first kappa shape index (κ1) is 13.5. The minimum absolute atomic E-state index is 0.373. The van der Waals surface area contributed by atoms with E-state index in [-0.39, 0.29) is 6.09 Å². The van der Waals surface area contributed by atoms with Crippen LogP contribution < -0.4 is 10.5 Å². The summed E-state index contributed by atoms with van der Waals surface area (Å²) in [6.45, 7) is 6.88. The summed E-state index contributed by atoms with van der Waals surface area (Å²) in [6, 6.07) is 3.90. The van der Waals surface area contributed by atoms with Gasteiger partial charge in [-0.05, 0) is 43.5 Å². The van der Waals surface area contributed by atoms with Crippen LogP contribution in [0.1, 0.15) is 16.7 Å². The summed E-state index contributed by atoms with van der Waals surface area (Å²) in [5.41, 5.74) is 8.65. The lowest BCUT2D eigenvalue weighted by molar-refractivity contribution is 0.164. The average molecular weight is 236 g/mol. The Morgan fingerprint density at radius 2 is 1.82 bits per heavy atom. The van der Waals surface area contributed by atoms with E-state index in [0.717, 1.165) is 11.1 Å². The molecule has 94 valence electrons. The third-order valence-electron chi connectivity index (χ3n) is 2.76. The summed E-state index contributed by atoms with van der Waals surface area (Å²) in [5.74, 6) is 0.613. The number of nitrogens with two attached hydrogens (primary N) is 1. The monoisotopic (exact) mass is 236 g/mol. The van der Waals surface area contributed by atoms with Crippen LogP contribution in [0.4, 0.5) is 4.79 Å². The van der Waals surface area contributed by atoms with Crippen LogP contribution in [0.3, 0.4) is 0 Å². The van der Waals surface area contributed by atoms with Crippen molar-refractivity contribution in [2.75, 3.05) is 20.1 Å². The van der Waals surface area contributed by atoms with Crippen LogP contribution in [-0.2, 0) is 0 Å². The van der Waals surface area contributed by atoms with E-state index in [0.29, 0.717) is 18.8 Å². The van der Waals surface area contributed by atoms with E-state index < -0.39 is 0 Å². The molecule has 0 aliphatic rings. The van der Waals surface area contributed by atoms with Crippen LogP contribution in [0.5, 0.6) is 5.75 Å². The molecular formula is C13H20N2O2. The fraction of sp³-hybridized carbons (Fsp3) is 0.462. The molecule has 17 heavy (non-hydrogen) atoms. The molecule has 0 aliphatic carbocycles. The molecule has 1 aromatic rings. The Hall–Kier alpha value is -1.55. The Balaban J connectivity index is 2.81. The molecule has 0 atom stereocenters. The summed E-state index contributed by atoms with van der Waals surface area (Å²) in [6.07, 6.45) is -0.373. The highest BCUT2D eigenvalue weighted by Gasteiger charge is 2.12. The predicted molar refractivity (Wildman–Crippen MR) is 68.4 cm³/mol. The van der Waals surface area contributed by atoms with Gasteiger partial charge in [-0.1, -0.05) is 6.07 Å². The maximum absolute atomic E-state index is 11.7. The van der Waals surface area contributed by atoms with Crippen LogP contribution >= 0.6 is 0 Å². The van der Waals surface area contributed by atoms with Crippen molar-refractivity contribution in [3.05, 3.63) is 28.8 Å². The van der Waals surface area contributed by atoms with Gasteiger partial charge in [0.2, 0.25) is 0 Å². The van der Waals surface area contributed by atoms with Crippen molar-refractivity contribution in [3.8, 4) is 5.75 Å². The molecule has 0 radical (unpaired) electrons. The maximum Gasteiger partial charge on any atom is 0.415 e. The molecule has 0 bridgehead atoms. The number of hydrogen-bond acceptors (Lipinski definition) is 3. The second-order valence-electron chi connectivity index (χ2n) is 4.28. The highest BCUT2D eigenvalue weighted by molar-refractivity contribution is 5.71. The van der Waals surface area contributed by atoms with Gasteiger partial charge in [0.15, 0.2) is 0 Å². The third-order valence-corrected chi connectivity index (χ3v) is 2.76. The van der Waals surface area contributed by atoms with Crippen molar-refractivity contribution >= 4 is 6.09 Å². The molecule has 1 aromatic carbocycles. The molecular weight excluding hydrogens is 216 g/mol. The molecule has 1 rings (SSSR count). The zero-order valence-corrected chi connectivity index (χ0v) is 10.9. The van der Waals surface area contributed by atoms with Gasteiger partial charge in [0.1, 0.15) is 5.75 Å². The van der Waals surface area contributed by atoms with Crippen LogP contribution in [0.2, 0.25) is 0 Å². The molecule has 0 fully saturated rings. The predicted octanol–water partition coefficient (Wildman–Crippen LogP) is 2.00. The lowest BCUT2D eigenvalue weighted by Gasteiger charge is -2.17. The van der Waals surface area contributed by atoms with Crippen LogP contribution in [-0.4, -0.2) is 31.1 Å². The highest BCUT2D eigenvalue weighted by atomic mass is 16.6. The summed E-state index contributed by atoms with van der Waals surface area (Å²) < 4.78 is 5.33. The molecule has 1 amide bonds. The van der Waals surface area contributed by atoms with Gasteiger partial charge in [-0.25, -0.2) is 4.79 Å². The van der Waals surface area contributed by atoms with Gasteiger partial charge < -0.3 is 15.4 Å². The second-order valence-corrected chi connectivity index (χ2v) is 4.28. The van der Waals surface area contributed by atoms with E-state index >= 15 is 0 Å². The van der Waals surface area contributed by atoms with E-state index in [1.807, 2.05) is 32.9 Å². The maximum atomic E-state index is 11.7. The molecule has 0 heterocycles. The Bertz CT molecular complexity index is 416. The summed E-state index contributed by atoms with van der Waals surface area (Å²) in [4.78, 5) is 13.2. The number of carbonyl (C=O) groups excluding carboxylic acids is 1. The topological polar surface area (TPSA) is 55.6 Å². The average Bonchev–Trinajstić information content (AvgIpc) is 2.26. The van der Waals surface area contributed by atoms with Crippen molar-refractivity contribution in [2.45, 2.75) is 20.8 Å². The van der Waals surface area contributed by atoms with Gasteiger partial charge in [0.05, 0.1) is 0 Å². The van der Waals surface area contributed by atoms with Gasteiger partial charge in [-0.15, -0.1) is 0 Å². The summed E-state index contributed by atoms with van der Waals surface area (Å²) in [5, 5.41) is 0. The molecule has 0 unspecified atom stereocenters. The standard InChI is InChI=1S/C13H20N2O2/c1-9-7-11(3)12(8-10(9)2)17-13(16)15(4)6-5-14/h7-8H,5-6,14H2,1-4H3. The first-order valence-corrected chi connectivity index (χ1v) is 5.66. The Morgan fingerprint density at radius 1 is 1.24 bits per heavy atom. The van der Waals surface area contributed by atoms with Crippen molar-refractivity contribution in [3.63, 3.8) is 0 Å². The first-order chi connectivity index (χ1) is 7.95. The largest absolute Gasteiger partial charge is 0.415 e. The van der Waals surface area contributed by atoms with Gasteiger partial charge >= 0.3 is 6.09 Å². The number of nitrogens with zero attached hydrogens (tertiary/aromatic N) is 1. The number of aryl methyl sites for hydroxylation is 3. The Morgan fingerprint density at radius 3 is 2.41 bits per heavy atom. The number of benzene rings is 1. The molecule has 2 N–H and O–H groups in total. The van der Waals surface area contributed by atoms with E-state index in [1.54, 1.807) is 7.05 Å². The Kier molecular flexibility index (Phi) is 4.52. The minimum atomic E-state index is -0.373. The molecule has 0 saturated heterocycles. The van der Waals surface area contributed by atoms with Crippen molar-refractivity contribution in [2.24, 2.45) is 5.73 Å². The number of likely N-dealkylation sites (N-methyl/N-ethyl adjacent to an activating group) is 1. The van der Waals surface area contributed by atoms with E-state index in [1.165, 1.54) is 10.5 Å².